The van der Waals surface area contributed by atoms with Gasteiger partial charge in [0.15, 0.2) is 17.5 Å². The maximum Gasteiger partial charge on any atom is 0.216 e. The van der Waals surface area contributed by atoms with Crippen molar-refractivity contribution < 1.29 is 0 Å². The summed E-state index contributed by atoms with van der Waals surface area (Å²) in [6.45, 7) is 0.523. The monoisotopic (exact) mass is 359 g/mol. The topological polar surface area (TPSA) is 117 Å². The van der Waals surface area contributed by atoms with Gasteiger partial charge in [-0.3, -0.25) is 9.67 Å². The van der Waals surface area contributed by atoms with Gasteiger partial charge in [-0.05, 0) is 23.8 Å². The van der Waals surface area contributed by atoms with Crippen LogP contribution in [-0.4, -0.2) is 24.7 Å². The first-order valence-corrected chi connectivity index (χ1v) is 8.30. The quantitative estimate of drug-likeness (QED) is 0.451. The third kappa shape index (κ3) is 3.71. The Morgan fingerprint density at radius 1 is 1.15 bits per heavy atom. The fraction of sp³-hybridized carbons (Fsp3) is 0.111. The Bertz CT molecular complexity index is 1100. The summed E-state index contributed by atoms with van der Waals surface area (Å²) >= 11 is 0. The average molecular weight is 359 g/mol. The Kier molecular flexibility index (Phi) is 4.40. The third-order valence-corrected chi connectivity index (χ3v) is 3.96. The number of pyridine rings is 1. The molecule has 0 spiro atoms. The van der Waals surface area contributed by atoms with E-state index in [0.717, 1.165) is 16.5 Å². The van der Waals surface area contributed by atoms with E-state index in [9.17, 15) is 0 Å². The first kappa shape index (κ1) is 16.6. The van der Waals surface area contributed by atoms with Crippen molar-refractivity contribution in [3.8, 4) is 0 Å². The van der Waals surface area contributed by atoms with Crippen LogP contribution in [0, 0.1) is 5.53 Å². The number of fused-ring (bicyclic) bond motifs is 1. The van der Waals surface area contributed by atoms with E-state index in [4.69, 9.17) is 5.53 Å². The van der Waals surface area contributed by atoms with Crippen molar-refractivity contribution >= 4 is 34.2 Å². The summed E-state index contributed by atoms with van der Waals surface area (Å²) in [6, 6.07) is 11.8. The number of aromatic nitrogens is 5. The van der Waals surface area contributed by atoms with E-state index < -0.39 is 0 Å². The number of nitrogens with zero attached hydrogens (tertiary/aromatic N) is 6. The molecule has 9 heteroatoms. The van der Waals surface area contributed by atoms with Gasteiger partial charge in [0, 0.05) is 37.4 Å². The summed E-state index contributed by atoms with van der Waals surface area (Å²) in [5.41, 5.74) is 9.32. The van der Waals surface area contributed by atoms with Crippen LogP contribution in [0.5, 0.6) is 0 Å². The zero-order chi connectivity index (χ0) is 18.6. The smallest absolute Gasteiger partial charge is 0.216 e. The summed E-state index contributed by atoms with van der Waals surface area (Å²) in [4.78, 5) is 13.0. The molecule has 0 aliphatic carbocycles. The van der Waals surface area contributed by atoms with Crippen molar-refractivity contribution in [2.24, 2.45) is 12.2 Å². The Morgan fingerprint density at radius 3 is 2.89 bits per heavy atom. The highest BCUT2D eigenvalue weighted by molar-refractivity contribution is 5.79. The summed E-state index contributed by atoms with van der Waals surface area (Å²) in [6.07, 6.45) is 5.13. The van der Waals surface area contributed by atoms with E-state index in [2.05, 4.69) is 41.9 Å². The maximum atomic E-state index is 7.31. The fourth-order valence-corrected chi connectivity index (χ4v) is 2.68. The largest absolute Gasteiger partial charge is 0.363 e. The lowest BCUT2D eigenvalue weighted by atomic mass is 10.1. The molecule has 0 aliphatic heterocycles. The van der Waals surface area contributed by atoms with Crippen molar-refractivity contribution in [3.63, 3.8) is 0 Å². The molecule has 0 saturated carbocycles. The predicted octanol–water partition coefficient (Wildman–Crippen LogP) is 3.78. The Balaban J connectivity index is 1.54. The van der Waals surface area contributed by atoms with E-state index in [0.29, 0.717) is 24.0 Å². The highest BCUT2D eigenvalue weighted by atomic mass is 15.3. The first-order chi connectivity index (χ1) is 13.2. The van der Waals surface area contributed by atoms with Gasteiger partial charge in [0.25, 0.3) is 0 Å². The van der Waals surface area contributed by atoms with Gasteiger partial charge in [-0.2, -0.15) is 5.10 Å². The minimum absolute atomic E-state index is 0.226. The molecule has 0 radical (unpaired) electrons. The van der Waals surface area contributed by atoms with Crippen LogP contribution in [0.15, 0.2) is 60.1 Å². The minimum atomic E-state index is 0.226. The molecule has 0 unspecified atom stereocenters. The van der Waals surface area contributed by atoms with Crippen molar-refractivity contribution in [1.82, 2.24) is 24.7 Å². The van der Waals surface area contributed by atoms with Gasteiger partial charge in [0.2, 0.25) is 5.82 Å². The molecular formula is C18H17N9. The van der Waals surface area contributed by atoms with Crippen LogP contribution in [0.1, 0.15) is 5.56 Å². The van der Waals surface area contributed by atoms with Crippen LogP contribution in [0.25, 0.3) is 10.9 Å². The van der Waals surface area contributed by atoms with Gasteiger partial charge in [0.05, 0.1) is 11.7 Å². The van der Waals surface area contributed by atoms with Crippen molar-refractivity contribution in [2.75, 3.05) is 10.6 Å². The Labute approximate surface area is 155 Å². The summed E-state index contributed by atoms with van der Waals surface area (Å²) in [5.74, 6) is 1.84. The number of hydrogen-bond acceptors (Lipinski definition) is 8. The van der Waals surface area contributed by atoms with Crippen molar-refractivity contribution in [3.05, 3.63) is 60.6 Å². The number of benzene rings is 1. The minimum Gasteiger partial charge on any atom is -0.363 e. The van der Waals surface area contributed by atoms with Gasteiger partial charge in [-0.25, -0.2) is 15.5 Å². The summed E-state index contributed by atoms with van der Waals surface area (Å²) in [5, 5.41) is 15.0. The Hall–Kier alpha value is -3.88. The molecule has 0 saturated heterocycles. The number of rotatable bonds is 6. The second kappa shape index (κ2) is 7.16. The van der Waals surface area contributed by atoms with E-state index in [1.807, 2.05) is 43.6 Å². The molecule has 134 valence electrons. The molecule has 3 aromatic heterocycles. The standard InChI is InChI=1S/C18H17N9/c1-27-8-6-15(26-27)23-16-11-22-18(25-19)17(24-16)21-10-12-4-5-14-13(9-12)3-2-7-20-14/h2-9,11,19H,10H2,1H3,(H2,21,23,24,26). The molecule has 27 heavy (non-hydrogen) atoms. The molecule has 0 aliphatic rings. The van der Waals surface area contributed by atoms with Gasteiger partial charge in [0.1, 0.15) is 0 Å². The number of hydrogen-bond donors (Lipinski definition) is 3. The molecule has 0 atom stereocenters. The SMILES string of the molecule is Cn1ccc(Nc2cnc(N=N)c(NCc3ccc4ncccc4c3)n2)n1. The maximum absolute atomic E-state index is 7.31. The second-order valence-electron chi connectivity index (χ2n) is 5.92. The van der Waals surface area contributed by atoms with Gasteiger partial charge < -0.3 is 10.6 Å². The molecule has 4 rings (SSSR count). The molecule has 9 nitrogen and oxygen atoms in total. The molecule has 4 aromatic rings. The van der Waals surface area contributed by atoms with E-state index in [1.165, 1.54) is 6.20 Å². The molecule has 3 N–H and O–H groups in total. The van der Waals surface area contributed by atoms with Crippen LogP contribution in [-0.2, 0) is 13.6 Å². The zero-order valence-electron chi connectivity index (χ0n) is 14.6. The average Bonchev–Trinajstić information content (AvgIpc) is 3.11. The van der Waals surface area contributed by atoms with Crippen LogP contribution in [0.2, 0.25) is 0 Å². The van der Waals surface area contributed by atoms with Crippen LogP contribution < -0.4 is 10.6 Å². The van der Waals surface area contributed by atoms with Crippen molar-refractivity contribution in [1.29, 1.82) is 5.53 Å². The van der Waals surface area contributed by atoms with Crippen LogP contribution >= 0.6 is 0 Å². The van der Waals surface area contributed by atoms with E-state index in [-0.39, 0.29) is 5.82 Å². The molecule has 1 aromatic carbocycles. The van der Waals surface area contributed by atoms with Crippen LogP contribution in [0.4, 0.5) is 23.3 Å². The lowest BCUT2D eigenvalue weighted by Crippen LogP contribution is -2.05. The van der Waals surface area contributed by atoms with Gasteiger partial charge >= 0.3 is 0 Å². The van der Waals surface area contributed by atoms with Crippen LogP contribution in [0.3, 0.4) is 0 Å². The highest BCUT2D eigenvalue weighted by Gasteiger charge is 2.09. The number of aryl methyl sites for hydroxylation is 1. The molecule has 3 heterocycles. The first-order valence-electron chi connectivity index (χ1n) is 8.30. The normalized spacial score (nSPS) is 10.7. The summed E-state index contributed by atoms with van der Waals surface area (Å²) < 4.78 is 1.69. The lowest BCUT2D eigenvalue weighted by Gasteiger charge is -2.10. The second-order valence-corrected chi connectivity index (χ2v) is 5.92. The predicted molar refractivity (Wildman–Crippen MR) is 102 cm³/mol. The summed E-state index contributed by atoms with van der Waals surface area (Å²) in [7, 11) is 1.84. The lowest BCUT2D eigenvalue weighted by molar-refractivity contribution is 0.771. The highest BCUT2D eigenvalue weighted by Crippen LogP contribution is 2.23. The van der Waals surface area contributed by atoms with Gasteiger partial charge in [-0.15, -0.1) is 5.11 Å². The van der Waals surface area contributed by atoms with Crippen molar-refractivity contribution in [2.45, 2.75) is 6.54 Å². The molecule has 0 bridgehead atoms. The fourth-order valence-electron chi connectivity index (χ4n) is 2.68. The zero-order valence-corrected chi connectivity index (χ0v) is 14.6. The number of anilines is 3. The number of nitrogens with one attached hydrogen (secondary N) is 3. The van der Waals surface area contributed by atoms with Gasteiger partial charge in [-0.1, -0.05) is 12.1 Å². The molecular weight excluding hydrogens is 342 g/mol. The molecule has 0 fully saturated rings. The molecule has 0 amide bonds. The Morgan fingerprint density at radius 2 is 2.07 bits per heavy atom. The van der Waals surface area contributed by atoms with E-state index >= 15 is 0 Å². The van der Waals surface area contributed by atoms with E-state index in [1.54, 1.807) is 10.9 Å². The third-order valence-electron chi connectivity index (χ3n) is 3.96.